The predicted molar refractivity (Wildman–Crippen MR) is 144 cm³/mol. The number of fused-ring (bicyclic) bond motifs is 1. The molecule has 0 saturated carbocycles. The number of methoxy groups -OCH3 is 1. The number of ether oxygens (including phenoxy) is 2. The summed E-state index contributed by atoms with van der Waals surface area (Å²) in [5.74, 6) is 1.48. The Labute approximate surface area is 217 Å². The highest BCUT2D eigenvalue weighted by atomic mass is 79.9. The Bertz CT molecular complexity index is 1460. The molecule has 180 valence electrons. The molecule has 0 spiro atoms. The topological polar surface area (TPSA) is 65.7 Å². The molecule has 1 aromatic heterocycles. The van der Waals surface area contributed by atoms with Gasteiger partial charge in [0.2, 0.25) is 0 Å². The molecule has 1 heterocycles. The van der Waals surface area contributed by atoms with Crippen molar-refractivity contribution in [1.82, 2.24) is 9.66 Å². The molecule has 0 atom stereocenters. The van der Waals surface area contributed by atoms with Gasteiger partial charge in [0.25, 0.3) is 5.56 Å². The van der Waals surface area contributed by atoms with E-state index in [-0.39, 0.29) is 11.5 Å². The second-order valence-electron chi connectivity index (χ2n) is 8.46. The smallest absolute Gasteiger partial charge is 0.282 e. The summed E-state index contributed by atoms with van der Waals surface area (Å²) in [5.41, 5.74) is 3.25. The number of hydrogen-bond donors (Lipinski definition) is 0. The van der Waals surface area contributed by atoms with E-state index < -0.39 is 0 Å². The summed E-state index contributed by atoms with van der Waals surface area (Å²) in [6, 6.07) is 17.0. The summed E-state index contributed by atoms with van der Waals surface area (Å²) in [5, 5.41) is 5.34. The average Bonchev–Trinajstić information content (AvgIpc) is 2.83. The fourth-order valence-electron chi connectivity index (χ4n) is 3.57. The van der Waals surface area contributed by atoms with Crippen molar-refractivity contribution in [3.63, 3.8) is 0 Å². The van der Waals surface area contributed by atoms with Crippen LogP contribution in [-0.4, -0.2) is 23.0 Å². The Morgan fingerprint density at radius 2 is 1.89 bits per heavy atom. The lowest BCUT2D eigenvalue weighted by atomic mass is 10.1. The van der Waals surface area contributed by atoms with E-state index in [1.807, 2.05) is 57.2 Å². The first-order chi connectivity index (χ1) is 16.8. The van der Waals surface area contributed by atoms with Gasteiger partial charge < -0.3 is 9.47 Å². The molecule has 0 bridgehead atoms. The summed E-state index contributed by atoms with van der Waals surface area (Å²) in [6.45, 7) is 6.34. The van der Waals surface area contributed by atoms with E-state index in [0.29, 0.717) is 45.4 Å². The van der Waals surface area contributed by atoms with Crippen LogP contribution < -0.4 is 15.0 Å². The Balaban J connectivity index is 1.68. The second kappa shape index (κ2) is 10.6. The Hall–Kier alpha value is -3.16. The van der Waals surface area contributed by atoms with Gasteiger partial charge in [0.15, 0.2) is 11.5 Å². The van der Waals surface area contributed by atoms with Crippen LogP contribution in [-0.2, 0) is 6.61 Å². The van der Waals surface area contributed by atoms with Gasteiger partial charge in [0.05, 0.1) is 29.2 Å². The van der Waals surface area contributed by atoms with Crippen molar-refractivity contribution in [2.24, 2.45) is 5.10 Å². The monoisotopic (exact) mass is 553 g/mol. The van der Waals surface area contributed by atoms with Crippen LogP contribution in [0.5, 0.6) is 11.5 Å². The molecule has 4 rings (SSSR count). The van der Waals surface area contributed by atoms with Crippen LogP contribution >= 0.6 is 27.5 Å². The summed E-state index contributed by atoms with van der Waals surface area (Å²) >= 11 is 9.96. The van der Waals surface area contributed by atoms with Gasteiger partial charge in [-0.05, 0) is 48.4 Å². The minimum atomic E-state index is -0.243. The van der Waals surface area contributed by atoms with Gasteiger partial charge in [-0.2, -0.15) is 9.78 Å². The molecule has 0 unspecified atom stereocenters. The van der Waals surface area contributed by atoms with E-state index in [1.165, 1.54) is 10.2 Å². The maximum atomic E-state index is 13.2. The van der Waals surface area contributed by atoms with E-state index in [0.717, 1.165) is 10.0 Å². The molecule has 0 saturated heterocycles. The van der Waals surface area contributed by atoms with Gasteiger partial charge in [0, 0.05) is 10.4 Å². The summed E-state index contributed by atoms with van der Waals surface area (Å²) in [4.78, 5) is 17.9. The van der Waals surface area contributed by atoms with Crippen LogP contribution in [0.2, 0.25) is 5.02 Å². The highest BCUT2D eigenvalue weighted by Crippen LogP contribution is 2.36. The van der Waals surface area contributed by atoms with Crippen LogP contribution in [0.25, 0.3) is 10.9 Å². The van der Waals surface area contributed by atoms with E-state index in [2.05, 4.69) is 26.0 Å². The van der Waals surface area contributed by atoms with E-state index in [1.54, 1.807) is 31.5 Å². The first-order valence-electron chi connectivity index (χ1n) is 11.1. The van der Waals surface area contributed by atoms with Crippen molar-refractivity contribution in [2.45, 2.75) is 33.3 Å². The normalized spacial score (nSPS) is 11.5. The van der Waals surface area contributed by atoms with Crippen LogP contribution in [0.3, 0.4) is 0 Å². The van der Waals surface area contributed by atoms with Crippen LogP contribution in [0.4, 0.5) is 0 Å². The molecule has 0 fully saturated rings. The number of hydrogen-bond acceptors (Lipinski definition) is 5. The number of aromatic nitrogens is 2. The predicted octanol–water partition coefficient (Wildman–Crippen LogP) is 6.71. The number of aryl methyl sites for hydroxylation is 1. The van der Waals surface area contributed by atoms with Gasteiger partial charge in [-0.25, -0.2) is 4.98 Å². The second-order valence-corrected chi connectivity index (χ2v) is 9.78. The van der Waals surface area contributed by atoms with Crippen molar-refractivity contribution in [3.8, 4) is 11.5 Å². The zero-order chi connectivity index (χ0) is 25.1. The fraction of sp³-hybridized carbons (Fsp3) is 0.222. The SMILES string of the molecule is COc1cc(C=Nn2c(C(C)C)nc3ccc(Br)cc3c2=O)cc(Cl)c1OCc1ccc(C)cc1. The van der Waals surface area contributed by atoms with E-state index >= 15 is 0 Å². The van der Waals surface area contributed by atoms with Crippen LogP contribution in [0.1, 0.15) is 42.3 Å². The summed E-state index contributed by atoms with van der Waals surface area (Å²) in [7, 11) is 1.55. The van der Waals surface area contributed by atoms with Gasteiger partial charge >= 0.3 is 0 Å². The maximum absolute atomic E-state index is 13.2. The molecular weight excluding hydrogens is 530 g/mol. The Kier molecular flexibility index (Phi) is 7.57. The van der Waals surface area contributed by atoms with Gasteiger partial charge in [-0.3, -0.25) is 4.79 Å². The molecule has 3 aromatic carbocycles. The lowest BCUT2D eigenvalue weighted by molar-refractivity contribution is 0.284. The highest BCUT2D eigenvalue weighted by molar-refractivity contribution is 9.10. The Morgan fingerprint density at radius 3 is 2.57 bits per heavy atom. The van der Waals surface area contributed by atoms with Gasteiger partial charge in [-0.1, -0.05) is 71.2 Å². The lowest BCUT2D eigenvalue weighted by Gasteiger charge is -2.14. The van der Waals surface area contributed by atoms with Gasteiger partial charge in [-0.15, -0.1) is 0 Å². The maximum Gasteiger partial charge on any atom is 0.282 e. The van der Waals surface area contributed by atoms with Crippen molar-refractivity contribution in [3.05, 3.63) is 97.0 Å². The number of nitrogens with zero attached hydrogens (tertiary/aromatic N) is 3. The van der Waals surface area contributed by atoms with Crippen LogP contribution in [0.15, 0.2) is 69.0 Å². The largest absolute Gasteiger partial charge is 0.493 e. The number of rotatable bonds is 7. The molecule has 0 radical (unpaired) electrons. The molecule has 0 amide bonds. The third kappa shape index (κ3) is 5.57. The molecule has 0 aliphatic rings. The molecule has 6 nitrogen and oxygen atoms in total. The zero-order valence-electron chi connectivity index (χ0n) is 19.9. The van der Waals surface area contributed by atoms with Crippen molar-refractivity contribution in [2.75, 3.05) is 7.11 Å². The zero-order valence-corrected chi connectivity index (χ0v) is 22.2. The van der Waals surface area contributed by atoms with Gasteiger partial charge in [0.1, 0.15) is 12.4 Å². The molecule has 8 heteroatoms. The molecular formula is C27H25BrClN3O3. The fourth-order valence-corrected chi connectivity index (χ4v) is 4.20. The average molecular weight is 555 g/mol. The third-order valence-corrected chi connectivity index (χ3v) is 6.20. The molecule has 0 aliphatic heterocycles. The summed E-state index contributed by atoms with van der Waals surface area (Å²) in [6.07, 6.45) is 1.57. The minimum absolute atomic E-state index is 0.0106. The first-order valence-corrected chi connectivity index (χ1v) is 12.3. The molecule has 0 aliphatic carbocycles. The molecule has 4 aromatic rings. The standard InChI is InChI=1S/C27H25BrClN3O3/c1-16(2)26-31-23-10-9-20(28)13-21(23)27(33)32(26)30-14-19-11-22(29)25(24(12-19)34-4)35-15-18-7-5-17(3)6-8-18/h5-14,16H,15H2,1-4H3. The van der Waals surface area contributed by atoms with Crippen molar-refractivity contribution >= 4 is 44.6 Å². The molecule has 35 heavy (non-hydrogen) atoms. The third-order valence-electron chi connectivity index (χ3n) is 5.43. The minimum Gasteiger partial charge on any atom is -0.493 e. The van der Waals surface area contributed by atoms with Crippen molar-refractivity contribution < 1.29 is 9.47 Å². The number of halogens is 2. The Morgan fingerprint density at radius 1 is 1.14 bits per heavy atom. The summed E-state index contributed by atoms with van der Waals surface area (Å²) < 4.78 is 13.6. The molecule has 0 N–H and O–H groups in total. The van der Waals surface area contributed by atoms with Crippen molar-refractivity contribution in [1.29, 1.82) is 0 Å². The van der Waals surface area contributed by atoms with Crippen LogP contribution in [0, 0.1) is 6.92 Å². The quantitative estimate of drug-likeness (QED) is 0.238. The lowest BCUT2D eigenvalue weighted by Crippen LogP contribution is -2.23. The number of benzene rings is 3. The first kappa shape index (κ1) is 24.9. The van der Waals surface area contributed by atoms with E-state index in [4.69, 9.17) is 21.1 Å². The van der Waals surface area contributed by atoms with E-state index in [9.17, 15) is 4.79 Å². The highest BCUT2D eigenvalue weighted by Gasteiger charge is 2.15.